The van der Waals surface area contributed by atoms with Crippen LogP contribution in [0, 0.1) is 5.92 Å². The van der Waals surface area contributed by atoms with E-state index < -0.39 is 5.97 Å². The van der Waals surface area contributed by atoms with Crippen LogP contribution in [0.25, 0.3) is 11.0 Å². The maximum absolute atomic E-state index is 12.4. The van der Waals surface area contributed by atoms with Crippen LogP contribution >= 0.6 is 0 Å². The molecule has 158 valence electrons. The molecule has 1 aliphatic carbocycles. The van der Waals surface area contributed by atoms with E-state index in [-0.39, 0.29) is 18.2 Å². The van der Waals surface area contributed by atoms with E-state index in [0.29, 0.717) is 28.7 Å². The van der Waals surface area contributed by atoms with E-state index in [2.05, 4.69) is 22.5 Å². The summed E-state index contributed by atoms with van der Waals surface area (Å²) in [6, 6.07) is 2.25. The lowest BCUT2D eigenvalue weighted by Gasteiger charge is -2.28. The number of carbonyl (C=O) groups is 2. The van der Waals surface area contributed by atoms with Crippen LogP contribution in [0.3, 0.4) is 0 Å². The molecule has 0 radical (unpaired) electrons. The van der Waals surface area contributed by atoms with Gasteiger partial charge in [0.2, 0.25) is 5.91 Å². The van der Waals surface area contributed by atoms with E-state index in [1.807, 2.05) is 6.07 Å². The molecule has 2 aromatic rings. The normalized spacial score (nSPS) is 15.9. The van der Waals surface area contributed by atoms with Gasteiger partial charge < -0.3 is 24.7 Å². The molecule has 0 bridgehead atoms. The van der Waals surface area contributed by atoms with Gasteiger partial charge >= 0.3 is 5.97 Å². The van der Waals surface area contributed by atoms with Crippen LogP contribution < -0.4 is 10.6 Å². The topological polar surface area (TPSA) is 94.5 Å². The minimum atomic E-state index is -0.539. The molecule has 1 fully saturated rings. The first-order valence-electron chi connectivity index (χ1n) is 10.1. The molecule has 0 unspecified atom stereocenters. The first-order valence-corrected chi connectivity index (χ1v) is 10.1. The van der Waals surface area contributed by atoms with Crippen LogP contribution in [0.4, 0.5) is 11.4 Å². The maximum atomic E-state index is 12.4. The van der Waals surface area contributed by atoms with Gasteiger partial charge in [-0.25, -0.2) is 9.78 Å². The number of methoxy groups -OCH3 is 2. The number of nitrogens with zero attached hydrogens (tertiary/aromatic N) is 2. The predicted octanol–water partition coefficient (Wildman–Crippen LogP) is 3.33. The van der Waals surface area contributed by atoms with Crippen LogP contribution in [0.15, 0.2) is 12.3 Å². The number of hydrogen-bond donors (Lipinski definition) is 2. The third-order valence-electron chi connectivity index (χ3n) is 5.70. The second kappa shape index (κ2) is 9.26. The second-order valence-electron chi connectivity index (χ2n) is 7.68. The number of carbonyl (C=O) groups excluding carboxylic acids is 2. The summed E-state index contributed by atoms with van der Waals surface area (Å²) in [5.74, 6) is -0.246. The molecule has 0 aromatic carbocycles. The zero-order valence-corrected chi connectivity index (χ0v) is 17.6. The summed E-state index contributed by atoms with van der Waals surface area (Å²) >= 11 is 0. The zero-order valence-electron chi connectivity index (χ0n) is 17.6. The van der Waals surface area contributed by atoms with Gasteiger partial charge in [-0.15, -0.1) is 0 Å². The molecule has 1 aliphatic rings. The van der Waals surface area contributed by atoms with Crippen molar-refractivity contribution in [2.75, 3.05) is 31.5 Å². The smallest absolute Gasteiger partial charge is 0.356 e. The van der Waals surface area contributed by atoms with Crippen LogP contribution in [0.5, 0.6) is 0 Å². The minimum Gasteiger partial charge on any atom is -0.464 e. The Hall–Kier alpha value is -2.61. The van der Waals surface area contributed by atoms with Crippen molar-refractivity contribution in [2.45, 2.75) is 45.1 Å². The zero-order chi connectivity index (χ0) is 21.0. The molecule has 8 nitrogen and oxygen atoms in total. The van der Waals surface area contributed by atoms with E-state index in [4.69, 9.17) is 9.47 Å². The van der Waals surface area contributed by atoms with Gasteiger partial charge in [0.05, 0.1) is 24.7 Å². The predicted molar refractivity (Wildman–Crippen MR) is 112 cm³/mol. The fourth-order valence-corrected chi connectivity index (χ4v) is 4.17. The molecule has 8 heteroatoms. The summed E-state index contributed by atoms with van der Waals surface area (Å²) in [6.45, 7) is 2.09. The first kappa shape index (κ1) is 21.1. The Bertz CT molecular complexity index is 886. The number of anilines is 2. The molecule has 0 spiro atoms. The Morgan fingerprint density at radius 3 is 2.66 bits per heavy atom. The fourth-order valence-electron chi connectivity index (χ4n) is 4.17. The van der Waals surface area contributed by atoms with E-state index in [0.717, 1.165) is 5.69 Å². The number of aryl methyl sites for hydroxylation is 1. The summed E-state index contributed by atoms with van der Waals surface area (Å²) in [5, 5.41) is 7.02. The third-order valence-corrected chi connectivity index (χ3v) is 5.70. The average Bonchev–Trinajstić information content (AvgIpc) is 2.99. The van der Waals surface area contributed by atoms with Crippen molar-refractivity contribution in [3.8, 4) is 0 Å². The molecular formula is C21H30N4O4. The number of ether oxygens (including phenoxy) is 2. The van der Waals surface area contributed by atoms with Gasteiger partial charge in [0.15, 0.2) is 5.69 Å². The van der Waals surface area contributed by atoms with Crippen molar-refractivity contribution in [2.24, 2.45) is 13.0 Å². The number of fused-ring (bicyclic) bond motifs is 1. The number of aromatic nitrogens is 2. The highest BCUT2D eigenvalue weighted by Gasteiger charge is 2.25. The molecule has 0 aliphatic heterocycles. The van der Waals surface area contributed by atoms with Gasteiger partial charge in [0.1, 0.15) is 12.3 Å². The van der Waals surface area contributed by atoms with Crippen LogP contribution in [0.2, 0.25) is 0 Å². The van der Waals surface area contributed by atoms with Crippen molar-refractivity contribution in [1.82, 2.24) is 9.55 Å². The number of pyridine rings is 1. The summed E-state index contributed by atoms with van der Waals surface area (Å²) in [6.07, 6.45) is 8.13. The van der Waals surface area contributed by atoms with Crippen LogP contribution in [-0.4, -0.2) is 48.3 Å². The Balaban J connectivity index is 1.96. The minimum absolute atomic E-state index is 0.110. The van der Waals surface area contributed by atoms with E-state index in [9.17, 15) is 9.59 Å². The third kappa shape index (κ3) is 4.53. The highest BCUT2D eigenvalue weighted by molar-refractivity contribution is 6.11. The lowest BCUT2D eigenvalue weighted by molar-refractivity contribution is -0.119. The Labute approximate surface area is 171 Å². The standard InChI is InChI=1S/C21H30N4O4/c1-13(14-8-6-5-7-9-14)23-15-10-16-18(24-17(26)12-28-3)19(21(27)29-4)25(2)20(16)22-11-15/h10-11,13-14,23H,5-9,12H2,1-4H3,(H,24,26)/t13-/m1/s1. The Kier molecular flexibility index (Phi) is 6.74. The SMILES string of the molecule is COCC(=O)Nc1c(C(=O)OC)n(C)c2ncc(N[C@H](C)C3CCCCC3)cc12. The lowest BCUT2D eigenvalue weighted by Crippen LogP contribution is -2.27. The van der Waals surface area contributed by atoms with E-state index >= 15 is 0 Å². The lowest BCUT2D eigenvalue weighted by atomic mass is 9.84. The summed E-state index contributed by atoms with van der Waals surface area (Å²) in [4.78, 5) is 29.1. The van der Waals surface area contributed by atoms with E-state index in [1.54, 1.807) is 17.8 Å². The van der Waals surface area contributed by atoms with Crippen molar-refractivity contribution in [3.05, 3.63) is 18.0 Å². The fraction of sp³-hybridized carbons (Fsp3) is 0.571. The molecule has 1 atom stereocenters. The summed E-state index contributed by atoms with van der Waals surface area (Å²) in [7, 11) is 4.48. The Morgan fingerprint density at radius 1 is 1.28 bits per heavy atom. The van der Waals surface area contributed by atoms with Gasteiger partial charge in [0, 0.05) is 25.6 Å². The first-order chi connectivity index (χ1) is 14.0. The quantitative estimate of drug-likeness (QED) is 0.690. The number of esters is 1. The van der Waals surface area contributed by atoms with Crippen molar-refractivity contribution in [3.63, 3.8) is 0 Å². The molecule has 3 rings (SSSR count). The number of nitrogens with one attached hydrogen (secondary N) is 2. The molecule has 1 amide bonds. The van der Waals surface area contributed by atoms with E-state index in [1.165, 1.54) is 46.3 Å². The number of hydrogen-bond acceptors (Lipinski definition) is 6. The Morgan fingerprint density at radius 2 is 2.00 bits per heavy atom. The highest BCUT2D eigenvalue weighted by Crippen LogP contribution is 2.33. The number of amides is 1. The summed E-state index contributed by atoms with van der Waals surface area (Å²) in [5.41, 5.74) is 2.09. The highest BCUT2D eigenvalue weighted by atomic mass is 16.5. The van der Waals surface area contributed by atoms with Crippen LogP contribution in [-0.2, 0) is 21.3 Å². The largest absolute Gasteiger partial charge is 0.464 e. The number of rotatable bonds is 7. The molecule has 2 aromatic heterocycles. The van der Waals surface area contributed by atoms with Crippen molar-refractivity contribution in [1.29, 1.82) is 0 Å². The molecule has 0 saturated heterocycles. The van der Waals surface area contributed by atoms with Crippen molar-refractivity contribution < 1.29 is 19.1 Å². The molecule has 1 saturated carbocycles. The molecular weight excluding hydrogens is 372 g/mol. The van der Waals surface area contributed by atoms with Crippen molar-refractivity contribution >= 4 is 34.3 Å². The van der Waals surface area contributed by atoms with Gasteiger partial charge in [-0.05, 0) is 31.7 Å². The molecule has 2 heterocycles. The molecule has 29 heavy (non-hydrogen) atoms. The molecule has 2 N–H and O–H groups in total. The average molecular weight is 402 g/mol. The van der Waals surface area contributed by atoms with Gasteiger partial charge in [-0.3, -0.25) is 4.79 Å². The maximum Gasteiger partial charge on any atom is 0.356 e. The van der Waals surface area contributed by atoms with Gasteiger partial charge in [-0.2, -0.15) is 0 Å². The second-order valence-corrected chi connectivity index (χ2v) is 7.68. The summed E-state index contributed by atoms with van der Waals surface area (Å²) < 4.78 is 11.5. The monoisotopic (exact) mass is 402 g/mol. The van der Waals surface area contributed by atoms with Gasteiger partial charge in [0.25, 0.3) is 0 Å². The van der Waals surface area contributed by atoms with Crippen LogP contribution in [0.1, 0.15) is 49.5 Å². The van der Waals surface area contributed by atoms with Gasteiger partial charge in [-0.1, -0.05) is 19.3 Å².